The molecule has 1 heterocycles. The van der Waals surface area contributed by atoms with Crippen LogP contribution in [0.3, 0.4) is 0 Å². The molecule has 1 aliphatic carbocycles. The Balaban J connectivity index is 1.86. The van der Waals surface area contributed by atoms with Gasteiger partial charge in [-0.05, 0) is 44.6 Å². The summed E-state index contributed by atoms with van der Waals surface area (Å²) in [7, 11) is 0. The first-order chi connectivity index (χ1) is 9.57. The average Bonchev–Trinajstić information content (AvgIpc) is 3.23. The summed E-state index contributed by atoms with van der Waals surface area (Å²) < 4.78 is 0. The Morgan fingerprint density at radius 3 is 2.75 bits per heavy atom. The number of piperidine rings is 1. The maximum atomic E-state index is 12.2. The normalized spacial score (nSPS) is 26.6. The van der Waals surface area contributed by atoms with Crippen molar-refractivity contribution in [2.45, 2.75) is 45.4 Å². The SMILES string of the molecule is CCCC1(C(=O)O)CCCN(C(=O)CNCC2CC2)C1. The topological polar surface area (TPSA) is 69.6 Å². The van der Waals surface area contributed by atoms with Crippen molar-refractivity contribution in [2.24, 2.45) is 11.3 Å². The zero-order valence-electron chi connectivity index (χ0n) is 12.4. The number of amides is 1. The minimum Gasteiger partial charge on any atom is -0.481 e. The second kappa shape index (κ2) is 6.57. The highest BCUT2D eigenvalue weighted by Gasteiger charge is 2.42. The van der Waals surface area contributed by atoms with Crippen LogP contribution in [-0.4, -0.2) is 48.1 Å². The van der Waals surface area contributed by atoms with Crippen LogP contribution < -0.4 is 5.32 Å². The van der Waals surface area contributed by atoms with Crippen molar-refractivity contribution in [2.75, 3.05) is 26.2 Å². The lowest BCUT2D eigenvalue weighted by Gasteiger charge is -2.40. The van der Waals surface area contributed by atoms with E-state index in [1.165, 1.54) is 12.8 Å². The van der Waals surface area contributed by atoms with Gasteiger partial charge in [0.2, 0.25) is 5.91 Å². The molecule has 20 heavy (non-hydrogen) atoms. The number of carbonyl (C=O) groups is 2. The van der Waals surface area contributed by atoms with E-state index >= 15 is 0 Å². The third-order valence-corrected chi connectivity index (χ3v) is 4.52. The monoisotopic (exact) mass is 282 g/mol. The lowest BCUT2D eigenvalue weighted by Crippen LogP contribution is -2.51. The van der Waals surface area contributed by atoms with Gasteiger partial charge >= 0.3 is 5.97 Å². The predicted octanol–water partition coefficient (Wildman–Crippen LogP) is 1.48. The Hall–Kier alpha value is -1.10. The first-order valence-corrected chi connectivity index (χ1v) is 7.79. The molecular formula is C15H26N2O3. The number of rotatable bonds is 7. The van der Waals surface area contributed by atoms with E-state index in [0.29, 0.717) is 32.5 Å². The van der Waals surface area contributed by atoms with Gasteiger partial charge in [0.15, 0.2) is 0 Å². The average molecular weight is 282 g/mol. The number of nitrogens with zero attached hydrogens (tertiary/aromatic N) is 1. The molecule has 5 heteroatoms. The standard InChI is InChI=1S/C15H26N2O3/c1-2-6-15(14(19)20)7-3-8-17(11-15)13(18)10-16-9-12-4-5-12/h12,16H,2-11H2,1H3,(H,19,20). The summed E-state index contributed by atoms with van der Waals surface area (Å²) in [5, 5.41) is 12.7. The molecule has 1 unspecified atom stereocenters. The molecule has 5 nitrogen and oxygen atoms in total. The first kappa shape index (κ1) is 15.3. The number of likely N-dealkylation sites (tertiary alicyclic amines) is 1. The fourth-order valence-corrected chi connectivity index (χ4v) is 3.13. The van der Waals surface area contributed by atoms with E-state index < -0.39 is 11.4 Å². The van der Waals surface area contributed by atoms with Gasteiger partial charge in [0.1, 0.15) is 0 Å². The summed E-state index contributed by atoms with van der Waals surface area (Å²) in [6.45, 7) is 4.34. The highest BCUT2D eigenvalue weighted by Crippen LogP contribution is 2.35. The van der Waals surface area contributed by atoms with Crippen LogP contribution in [0.15, 0.2) is 0 Å². The molecule has 1 saturated heterocycles. The van der Waals surface area contributed by atoms with E-state index in [2.05, 4.69) is 5.32 Å². The highest BCUT2D eigenvalue weighted by atomic mass is 16.4. The van der Waals surface area contributed by atoms with Crippen LogP contribution in [0.2, 0.25) is 0 Å². The third-order valence-electron chi connectivity index (χ3n) is 4.52. The van der Waals surface area contributed by atoms with E-state index in [-0.39, 0.29) is 5.91 Å². The van der Waals surface area contributed by atoms with Gasteiger partial charge in [-0.1, -0.05) is 13.3 Å². The van der Waals surface area contributed by atoms with Gasteiger partial charge in [0, 0.05) is 13.1 Å². The van der Waals surface area contributed by atoms with Gasteiger partial charge < -0.3 is 15.3 Å². The molecule has 0 spiro atoms. The first-order valence-electron chi connectivity index (χ1n) is 7.79. The van der Waals surface area contributed by atoms with Gasteiger partial charge in [-0.25, -0.2) is 0 Å². The minimum atomic E-state index is -0.747. The van der Waals surface area contributed by atoms with Gasteiger partial charge in [0.25, 0.3) is 0 Å². The molecule has 2 rings (SSSR count). The molecule has 1 saturated carbocycles. The summed E-state index contributed by atoms with van der Waals surface area (Å²) in [6.07, 6.45) is 5.51. The van der Waals surface area contributed by atoms with Crippen LogP contribution in [0, 0.1) is 11.3 Å². The number of hydrogen-bond acceptors (Lipinski definition) is 3. The van der Waals surface area contributed by atoms with E-state index in [1.807, 2.05) is 6.92 Å². The molecule has 114 valence electrons. The number of carbonyl (C=O) groups excluding carboxylic acids is 1. The smallest absolute Gasteiger partial charge is 0.311 e. The van der Waals surface area contributed by atoms with E-state index in [0.717, 1.165) is 25.3 Å². The molecule has 1 atom stereocenters. The van der Waals surface area contributed by atoms with E-state index in [9.17, 15) is 14.7 Å². The maximum Gasteiger partial charge on any atom is 0.311 e. The largest absolute Gasteiger partial charge is 0.481 e. The number of nitrogens with one attached hydrogen (secondary N) is 1. The Kier molecular flexibility index (Phi) is 5.02. The Labute approximate surface area is 120 Å². The van der Waals surface area contributed by atoms with Gasteiger partial charge in [-0.2, -0.15) is 0 Å². The molecule has 0 aromatic rings. The summed E-state index contributed by atoms with van der Waals surface area (Å²) >= 11 is 0. The second-order valence-electron chi connectivity index (χ2n) is 6.33. The Morgan fingerprint density at radius 2 is 2.15 bits per heavy atom. The predicted molar refractivity (Wildman–Crippen MR) is 76.4 cm³/mol. The third kappa shape index (κ3) is 3.72. The molecule has 2 fully saturated rings. The van der Waals surface area contributed by atoms with E-state index in [4.69, 9.17) is 0 Å². The zero-order chi connectivity index (χ0) is 14.6. The molecule has 0 aromatic carbocycles. The molecule has 0 aromatic heterocycles. The molecular weight excluding hydrogens is 256 g/mol. The van der Waals surface area contributed by atoms with Crippen LogP contribution in [-0.2, 0) is 9.59 Å². The van der Waals surface area contributed by atoms with Gasteiger partial charge in [-0.15, -0.1) is 0 Å². The maximum absolute atomic E-state index is 12.2. The summed E-state index contributed by atoms with van der Waals surface area (Å²) in [5.74, 6) is 0.0530. The van der Waals surface area contributed by atoms with Crippen molar-refractivity contribution in [3.63, 3.8) is 0 Å². The molecule has 2 aliphatic rings. The van der Waals surface area contributed by atoms with Crippen LogP contribution in [0.1, 0.15) is 45.4 Å². The van der Waals surface area contributed by atoms with Crippen molar-refractivity contribution in [3.8, 4) is 0 Å². The van der Waals surface area contributed by atoms with Crippen molar-refractivity contribution >= 4 is 11.9 Å². The fraction of sp³-hybridized carbons (Fsp3) is 0.867. The van der Waals surface area contributed by atoms with Gasteiger partial charge in [0.05, 0.1) is 12.0 Å². The molecule has 1 amide bonds. The summed E-state index contributed by atoms with van der Waals surface area (Å²) in [5.41, 5.74) is -0.723. The van der Waals surface area contributed by atoms with Crippen molar-refractivity contribution in [1.82, 2.24) is 10.2 Å². The molecule has 2 N–H and O–H groups in total. The van der Waals surface area contributed by atoms with Crippen LogP contribution in [0.4, 0.5) is 0 Å². The lowest BCUT2D eigenvalue weighted by molar-refractivity contribution is -0.155. The highest BCUT2D eigenvalue weighted by molar-refractivity contribution is 5.81. The Morgan fingerprint density at radius 1 is 1.40 bits per heavy atom. The zero-order valence-corrected chi connectivity index (χ0v) is 12.4. The number of carboxylic acid groups (broad SMARTS) is 1. The van der Waals surface area contributed by atoms with Gasteiger partial charge in [-0.3, -0.25) is 9.59 Å². The van der Waals surface area contributed by atoms with E-state index in [1.54, 1.807) is 4.90 Å². The molecule has 0 radical (unpaired) electrons. The summed E-state index contributed by atoms with van der Waals surface area (Å²) in [6, 6.07) is 0. The quantitative estimate of drug-likeness (QED) is 0.742. The fourth-order valence-electron chi connectivity index (χ4n) is 3.13. The number of hydrogen-bond donors (Lipinski definition) is 2. The lowest BCUT2D eigenvalue weighted by atomic mass is 9.76. The second-order valence-corrected chi connectivity index (χ2v) is 6.33. The van der Waals surface area contributed by atoms with Crippen LogP contribution in [0.5, 0.6) is 0 Å². The number of carboxylic acids is 1. The van der Waals surface area contributed by atoms with Crippen LogP contribution in [0.25, 0.3) is 0 Å². The van der Waals surface area contributed by atoms with Crippen LogP contribution >= 0.6 is 0 Å². The molecule has 1 aliphatic heterocycles. The van der Waals surface area contributed by atoms with Crippen molar-refractivity contribution < 1.29 is 14.7 Å². The minimum absolute atomic E-state index is 0.0482. The van der Waals surface area contributed by atoms with Crippen molar-refractivity contribution in [1.29, 1.82) is 0 Å². The van der Waals surface area contributed by atoms with Crippen molar-refractivity contribution in [3.05, 3.63) is 0 Å². The summed E-state index contributed by atoms with van der Waals surface area (Å²) in [4.78, 5) is 25.5. The Bertz CT molecular complexity index is 364. The number of aliphatic carboxylic acids is 1. The molecule has 0 bridgehead atoms.